The summed E-state index contributed by atoms with van der Waals surface area (Å²) in [5, 5.41) is 0. The van der Waals surface area contributed by atoms with Crippen molar-refractivity contribution >= 4 is 21.9 Å². The predicted molar refractivity (Wildman–Crippen MR) is 57.4 cm³/mol. The van der Waals surface area contributed by atoms with E-state index in [0.29, 0.717) is 10.2 Å². The summed E-state index contributed by atoms with van der Waals surface area (Å²) < 4.78 is 5.30. The van der Waals surface area contributed by atoms with Gasteiger partial charge in [-0.2, -0.15) is 0 Å². The van der Waals surface area contributed by atoms with Crippen molar-refractivity contribution in [2.24, 2.45) is 0 Å². The van der Waals surface area contributed by atoms with Gasteiger partial charge in [-0.1, -0.05) is 13.8 Å². The number of carbonyl (C=O) groups excluding carboxylic acids is 1. The highest BCUT2D eigenvalue weighted by Crippen LogP contribution is 2.18. The Morgan fingerprint density at radius 3 is 2.64 bits per heavy atom. The molecule has 0 bridgehead atoms. The van der Waals surface area contributed by atoms with Gasteiger partial charge in [-0.25, -0.2) is 9.78 Å². The zero-order valence-corrected chi connectivity index (χ0v) is 9.96. The molecule has 0 N–H and O–H groups in total. The molecule has 0 saturated heterocycles. The number of methoxy groups -OCH3 is 1. The van der Waals surface area contributed by atoms with E-state index in [9.17, 15) is 4.79 Å². The first-order chi connectivity index (χ1) is 6.54. The highest BCUT2D eigenvalue weighted by Gasteiger charge is 2.10. The van der Waals surface area contributed by atoms with Gasteiger partial charge in [0.15, 0.2) is 0 Å². The Morgan fingerprint density at radius 2 is 2.14 bits per heavy atom. The molecule has 1 heterocycles. The van der Waals surface area contributed by atoms with Crippen molar-refractivity contribution in [1.29, 1.82) is 0 Å². The standard InChI is InChI=1S/C10H12BrNO2/c1-6(2)8-4-7(10(13)14-3)5-9(11)12-8/h4-6H,1-3H3. The molecule has 0 saturated carbocycles. The molecule has 0 spiro atoms. The highest BCUT2D eigenvalue weighted by atomic mass is 79.9. The molecule has 1 aromatic rings. The molecule has 0 atom stereocenters. The predicted octanol–water partition coefficient (Wildman–Crippen LogP) is 2.75. The van der Waals surface area contributed by atoms with Crippen LogP contribution in [0.5, 0.6) is 0 Å². The lowest BCUT2D eigenvalue weighted by Crippen LogP contribution is -2.04. The van der Waals surface area contributed by atoms with Gasteiger partial charge < -0.3 is 4.74 Å². The van der Waals surface area contributed by atoms with Crippen LogP contribution >= 0.6 is 15.9 Å². The third-order valence-corrected chi connectivity index (χ3v) is 2.23. The van der Waals surface area contributed by atoms with Gasteiger partial charge in [-0.15, -0.1) is 0 Å². The Morgan fingerprint density at radius 1 is 1.50 bits per heavy atom. The topological polar surface area (TPSA) is 39.2 Å². The van der Waals surface area contributed by atoms with Crippen molar-refractivity contribution in [1.82, 2.24) is 4.98 Å². The second kappa shape index (κ2) is 4.55. The third-order valence-electron chi connectivity index (χ3n) is 1.83. The third kappa shape index (κ3) is 2.54. The SMILES string of the molecule is COC(=O)c1cc(Br)nc(C(C)C)c1. The van der Waals surface area contributed by atoms with E-state index in [1.54, 1.807) is 12.1 Å². The zero-order chi connectivity index (χ0) is 10.7. The molecule has 14 heavy (non-hydrogen) atoms. The molecule has 3 nitrogen and oxygen atoms in total. The van der Waals surface area contributed by atoms with Crippen molar-refractivity contribution in [3.8, 4) is 0 Å². The van der Waals surface area contributed by atoms with E-state index in [-0.39, 0.29) is 11.9 Å². The Balaban J connectivity index is 3.13. The van der Waals surface area contributed by atoms with E-state index < -0.39 is 0 Å². The normalized spacial score (nSPS) is 10.4. The van der Waals surface area contributed by atoms with E-state index in [1.165, 1.54) is 7.11 Å². The summed E-state index contributed by atoms with van der Waals surface area (Å²) in [6.45, 7) is 4.05. The van der Waals surface area contributed by atoms with Gasteiger partial charge in [-0.05, 0) is 34.0 Å². The Labute approximate surface area is 91.6 Å². The van der Waals surface area contributed by atoms with Crippen LogP contribution in [0.1, 0.15) is 35.8 Å². The van der Waals surface area contributed by atoms with Crippen LogP contribution in [0, 0.1) is 0 Å². The van der Waals surface area contributed by atoms with Gasteiger partial charge in [0.25, 0.3) is 0 Å². The summed E-state index contributed by atoms with van der Waals surface area (Å²) in [4.78, 5) is 15.5. The number of hydrogen-bond donors (Lipinski definition) is 0. The molecule has 0 amide bonds. The molecule has 76 valence electrons. The maximum atomic E-state index is 11.3. The number of carbonyl (C=O) groups is 1. The average molecular weight is 258 g/mol. The van der Waals surface area contributed by atoms with Crippen molar-refractivity contribution in [3.05, 3.63) is 28.0 Å². The fraction of sp³-hybridized carbons (Fsp3) is 0.400. The Bertz CT molecular complexity index is 350. The number of aromatic nitrogens is 1. The van der Waals surface area contributed by atoms with Gasteiger partial charge in [0.2, 0.25) is 0 Å². The second-order valence-electron chi connectivity index (χ2n) is 3.25. The average Bonchev–Trinajstić information content (AvgIpc) is 2.15. The van der Waals surface area contributed by atoms with Crippen LogP contribution in [0.2, 0.25) is 0 Å². The summed E-state index contributed by atoms with van der Waals surface area (Å²) in [6.07, 6.45) is 0. The Hall–Kier alpha value is -0.900. The summed E-state index contributed by atoms with van der Waals surface area (Å²) in [5.74, 6) is -0.0501. The number of nitrogens with zero attached hydrogens (tertiary/aromatic N) is 1. The van der Waals surface area contributed by atoms with E-state index in [1.807, 2.05) is 13.8 Å². The molecule has 0 aliphatic rings. The molecule has 0 aromatic carbocycles. The molecule has 0 unspecified atom stereocenters. The number of hydrogen-bond acceptors (Lipinski definition) is 3. The first kappa shape index (κ1) is 11.2. The minimum Gasteiger partial charge on any atom is -0.465 e. The summed E-state index contributed by atoms with van der Waals surface area (Å²) in [6, 6.07) is 3.40. The van der Waals surface area contributed by atoms with Crippen LogP contribution in [-0.2, 0) is 4.74 Å². The van der Waals surface area contributed by atoms with E-state index >= 15 is 0 Å². The lowest BCUT2D eigenvalue weighted by atomic mass is 10.1. The fourth-order valence-electron chi connectivity index (χ4n) is 1.05. The lowest BCUT2D eigenvalue weighted by Gasteiger charge is -2.07. The molecule has 0 aliphatic carbocycles. The van der Waals surface area contributed by atoms with Crippen molar-refractivity contribution < 1.29 is 9.53 Å². The molecule has 1 rings (SSSR count). The van der Waals surface area contributed by atoms with Crippen molar-refractivity contribution in [2.75, 3.05) is 7.11 Å². The van der Waals surface area contributed by atoms with Gasteiger partial charge in [0.1, 0.15) is 4.60 Å². The van der Waals surface area contributed by atoms with Gasteiger partial charge in [0, 0.05) is 5.69 Å². The van der Waals surface area contributed by atoms with E-state index in [0.717, 1.165) is 5.69 Å². The number of rotatable bonds is 2. The number of halogens is 1. The van der Waals surface area contributed by atoms with E-state index in [4.69, 9.17) is 0 Å². The van der Waals surface area contributed by atoms with Crippen LogP contribution in [0.25, 0.3) is 0 Å². The molecule has 4 heteroatoms. The van der Waals surface area contributed by atoms with Crippen molar-refractivity contribution in [2.45, 2.75) is 19.8 Å². The van der Waals surface area contributed by atoms with Gasteiger partial charge in [-0.3, -0.25) is 0 Å². The van der Waals surface area contributed by atoms with Gasteiger partial charge >= 0.3 is 5.97 Å². The molecule has 1 aromatic heterocycles. The largest absolute Gasteiger partial charge is 0.465 e. The van der Waals surface area contributed by atoms with Crippen LogP contribution < -0.4 is 0 Å². The molecular formula is C10H12BrNO2. The zero-order valence-electron chi connectivity index (χ0n) is 8.37. The van der Waals surface area contributed by atoms with Gasteiger partial charge in [0.05, 0.1) is 12.7 Å². The minimum absolute atomic E-state index is 0.288. The van der Waals surface area contributed by atoms with E-state index in [2.05, 4.69) is 25.7 Å². The quantitative estimate of drug-likeness (QED) is 0.604. The van der Waals surface area contributed by atoms with Crippen molar-refractivity contribution in [3.63, 3.8) is 0 Å². The molecule has 0 aliphatic heterocycles. The highest BCUT2D eigenvalue weighted by molar-refractivity contribution is 9.10. The second-order valence-corrected chi connectivity index (χ2v) is 4.06. The molecular weight excluding hydrogens is 246 g/mol. The number of esters is 1. The molecule has 0 radical (unpaired) electrons. The van der Waals surface area contributed by atoms with Crippen LogP contribution in [0.3, 0.4) is 0 Å². The maximum absolute atomic E-state index is 11.3. The summed E-state index contributed by atoms with van der Waals surface area (Å²) in [5.41, 5.74) is 1.40. The first-order valence-electron chi connectivity index (χ1n) is 4.30. The first-order valence-corrected chi connectivity index (χ1v) is 5.09. The summed E-state index contributed by atoms with van der Waals surface area (Å²) in [7, 11) is 1.37. The monoisotopic (exact) mass is 257 g/mol. The number of ether oxygens (including phenoxy) is 1. The number of pyridine rings is 1. The van der Waals surface area contributed by atoms with Crippen LogP contribution in [0.15, 0.2) is 16.7 Å². The minimum atomic E-state index is -0.338. The molecule has 0 fully saturated rings. The Kier molecular flexibility index (Phi) is 3.63. The van der Waals surface area contributed by atoms with Crippen LogP contribution in [-0.4, -0.2) is 18.1 Å². The maximum Gasteiger partial charge on any atom is 0.338 e. The summed E-state index contributed by atoms with van der Waals surface area (Å²) >= 11 is 3.26. The smallest absolute Gasteiger partial charge is 0.338 e. The van der Waals surface area contributed by atoms with Crippen LogP contribution in [0.4, 0.5) is 0 Å². The fourth-order valence-corrected chi connectivity index (χ4v) is 1.50. The lowest BCUT2D eigenvalue weighted by molar-refractivity contribution is 0.0600.